The Morgan fingerprint density at radius 2 is 1.75 bits per heavy atom. The third-order valence-corrected chi connectivity index (χ3v) is 4.42. The lowest BCUT2D eigenvalue weighted by Crippen LogP contribution is -2.51. The van der Waals surface area contributed by atoms with E-state index in [0.29, 0.717) is 5.78 Å². The van der Waals surface area contributed by atoms with Gasteiger partial charge in [0.2, 0.25) is 0 Å². The number of hydrogen-bond donors (Lipinski definition) is 0. The summed E-state index contributed by atoms with van der Waals surface area (Å²) in [4.78, 5) is 15.0. The van der Waals surface area contributed by atoms with E-state index >= 15 is 0 Å². The van der Waals surface area contributed by atoms with E-state index in [1.165, 1.54) is 25.7 Å². The fraction of sp³-hybridized carbons (Fsp3) is 0.929. The first-order valence-electron chi connectivity index (χ1n) is 7.08. The summed E-state index contributed by atoms with van der Waals surface area (Å²) in [5, 5.41) is 0. The Balaban J connectivity index is 2.05. The van der Waals surface area contributed by atoms with Crippen LogP contribution >= 0.6 is 0 Å². The highest BCUT2D eigenvalue weighted by atomic mass is 16.1. The molecule has 1 aliphatic heterocycles. The lowest BCUT2D eigenvalue weighted by atomic mass is 9.87. The van der Waals surface area contributed by atoms with Gasteiger partial charge >= 0.3 is 0 Å². The molecule has 2 aliphatic rings. The standard InChI is InChI=1S/C14H25NO/c1-2-3-8-13(16)14(9-4-5-10-14)15-11-6-7-12-15/h2-12H2,1H3. The Bertz CT molecular complexity index is 237. The number of Topliss-reactive ketones (excluding diaryl/α,β-unsaturated/α-hetero) is 1. The minimum atomic E-state index is -0.0222. The maximum atomic E-state index is 12.5. The zero-order valence-electron chi connectivity index (χ0n) is 10.6. The van der Waals surface area contributed by atoms with E-state index < -0.39 is 0 Å². The predicted molar refractivity (Wildman–Crippen MR) is 66.5 cm³/mol. The Labute approximate surface area is 99.4 Å². The van der Waals surface area contributed by atoms with Gasteiger partial charge < -0.3 is 0 Å². The molecule has 0 unspecified atom stereocenters. The molecule has 0 aromatic heterocycles. The molecule has 2 nitrogen and oxygen atoms in total. The van der Waals surface area contributed by atoms with Crippen molar-refractivity contribution in [2.24, 2.45) is 0 Å². The monoisotopic (exact) mass is 223 g/mol. The van der Waals surface area contributed by atoms with Crippen LogP contribution in [0.25, 0.3) is 0 Å². The summed E-state index contributed by atoms with van der Waals surface area (Å²) in [6.45, 7) is 4.50. The van der Waals surface area contributed by atoms with E-state index in [4.69, 9.17) is 0 Å². The van der Waals surface area contributed by atoms with Crippen LogP contribution in [0.4, 0.5) is 0 Å². The Kier molecular flexibility index (Phi) is 4.01. The Morgan fingerprint density at radius 3 is 2.31 bits per heavy atom. The van der Waals surface area contributed by atoms with E-state index in [-0.39, 0.29) is 5.54 Å². The second-order valence-corrected chi connectivity index (χ2v) is 5.46. The molecule has 2 heteroatoms. The third kappa shape index (κ3) is 2.17. The van der Waals surface area contributed by atoms with Crippen molar-refractivity contribution in [3.05, 3.63) is 0 Å². The summed E-state index contributed by atoms with van der Waals surface area (Å²) in [6, 6.07) is 0. The number of unbranched alkanes of at least 4 members (excludes halogenated alkanes) is 1. The van der Waals surface area contributed by atoms with E-state index in [2.05, 4.69) is 11.8 Å². The van der Waals surface area contributed by atoms with Crippen LogP contribution in [0, 0.1) is 0 Å². The number of carbonyl (C=O) groups is 1. The average molecular weight is 223 g/mol. The van der Waals surface area contributed by atoms with Crippen molar-refractivity contribution in [3.8, 4) is 0 Å². The fourth-order valence-corrected chi connectivity index (χ4v) is 3.45. The van der Waals surface area contributed by atoms with Crippen molar-refractivity contribution in [2.45, 2.75) is 70.3 Å². The fourth-order valence-electron chi connectivity index (χ4n) is 3.45. The highest BCUT2D eigenvalue weighted by Gasteiger charge is 2.45. The number of ketones is 1. The number of carbonyl (C=O) groups excluding carboxylic acids is 1. The molecular weight excluding hydrogens is 198 g/mol. The number of rotatable bonds is 5. The molecule has 0 spiro atoms. The van der Waals surface area contributed by atoms with Crippen LogP contribution < -0.4 is 0 Å². The molecule has 1 aliphatic carbocycles. The minimum Gasteiger partial charge on any atom is -0.298 e. The molecule has 0 N–H and O–H groups in total. The van der Waals surface area contributed by atoms with Gasteiger partial charge in [-0.25, -0.2) is 0 Å². The third-order valence-electron chi connectivity index (χ3n) is 4.42. The maximum Gasteiger partial charge on any atom is 0.153 e. The molecule has 2 fully saturated rings. The van der Waals surface area contributed by atoms with Gasteiger partial charge in [-0.15, -0.1) is 0 Å². The number of nitrogens with zero attached hydrogens (tertiary/aromatic N) is 1. The van der Waals surface area contributed by atoms with Crippen LogP contribution in [0.3, 0.4) is 0 Å². The summed E-state index contributed by atoms with van der Waals surface area (Å²) in [5.74, 6) is 0.550. The van der Waals surface area contributed by atoms with Crippen LogP contribution in [0.2, 0.25) is 0 Å². The van der Waals surface area contributed by atoms with Gasteiger partial charge in [-0.1, -0.05) is 26.2 Å². The van der Waals surface area contributed by atoms with Gasteiger partial charge in [0.25, 0.3) is 0 Å². The SMILES string of the molecule is CCCCC(=O)C1(N2CCCC2)CCCC1. The van der Waals surface area contributed by atoms with Gasteiger partial charge in [-0.2, -0.15) is 0 Å². The normalized spacial score (nSPS) is 25.1. The molecule has 0 aromatic rings. The van der Waals surface area contributed by atoms with Crippen LogP contribution in [-0.4, -0.2) is 29.3 Å². The molecule has 0 amide bonds. The Hall–Kier alpha value is -0.370. The summed E-state index contributed by atoms with van der Waals surface area (Å²) in [6.07, 6.45) is 10.4. The molecule has 0 aromatic carbocycles. The molecule has 2 rings (SSSR count). The van der Waals surface area contributed by atoms with Crippen LogP contribution in [0.15, 0.2) is 0 Å². The molecule has 1 saturated carbocycles. The highest BCUT2D eigenvalue weighted by molar-refractivity contribution is 5.88. The summed E-state index contributed by atoms with van der Waals surface area (Å²) in [7, 11) is 0. The van der Waals surface area contributed by atoms with Crippen molar-refractivity contribution < 1.29 is 4.79 Å². The number of hydrogen-bond acceptors (Lipinski definition) is 2. The van der Waals surface area contributed by atoms with E-state index in [9.17, 15) is 4.79 Å². The van der Waals surface area contributed by atoms with Crippen LogP contribution in [0.1, 0.15) is 64.7 Å². The second kappa shape index (κ2) is 5.31. The molecule has 92 valence electrons. The van der Waals surface area contributed by atoms with Gasteiger partial charge in [0, 0.05) is 6.42 Å². The van der Waals surface area contributed by atoms with Gasteiger partial charge in [0.15, 0.2) is 5.78 Å². The van der Waals surface area contributed by atoms with E-state index in [0.717, 1.165) is 45.2 Å². The number of likely N-dealkylation sites (tertiary alicyclic amines) is 1. The molecule has 1 saturated heterocycles. The lowest BCUT2D eigenvalue weighted by Gasteiger charge is -2.37. The van der Waals surface area contributed by atoms with E-state index in [1.54, 1.807) is 0 Å². The topological polar surface area (TPSA) is 20.3 Å². The largest absolute Gasteiger partial charge is 0.298 e. The average Bonchev–Trinajstić information content (AvgIpc) is 2.95. The van der Waals surface area contributed by atoms with Crippen LogP contribution in [-0.2, 0) is 4.79 Å². The zero-order valence-corrected chi connectivity index (χ0v) is 10.6. The first-order valence-corrected chi connectivity index (χ1v) is 7.08. The Morgan fingerprint density at radius 1 is 1.12 bits per heavy atom. The zero-order chi connectivity index (χ0) is 11.4. The molecule has 0 atom stereocenters. The predicted octanol–water partition coefficient (Wildman–Crippen LogP) is 3.15. The van der Waals surface area contributed by atoms with Crippen molar-refractivity contribution in [3.63, 3.8) is 0 Å². The summed E-state index contributed by atoms with van der Waals surface area (Å²) < 4.78 is 0. The van der Waals surface area contributed by atoms with Crippen LogP contribution in [0.5, 0.6) is 0 Å². The first-order chi connectivity index (χ1) is 7.79. The lowest BCUT2D eigenvalue weighted by molar-refractivity contribution is -0.130. The highest BCUT2D eigenvalue weighted by Crippen LogP contribution is 2.39. The minimum absolute atomic E-state index is 0.0222. The quantitative estimate of drug-likeness (QED) is 0.713. The van der Waals surface area contributed by atoms with Gasteiger partial charge in [-0.05, 0) is 45.2 Å². The summed E-state index contributed by atoms with van der Waals surface area (Å²) >= 11 is 0. The maximum absolute atomic E-state index is 12.5. The van der Waals surface area contributed by atoms with E-state index in [1.807, 2.05) is 0 Å². The van der Waals surface area contributed by atoms with Gasteiger partial charge in [0.1, 0.15) is 0 Å². The van der Waals surface area contributed by atoms with Gasteiger partial charge in [0.05, 0.1) is 5.54 Å². The summed E-state index contributed by atoms with van der Waals surface area (Å²) in [5.41, 5.74) is -0.0222. The van der Waals surface area contributed by atoms with Crippen molar-refractivity contribution >= 4 is 5.78 Å². The molecule has 1 heterocycles. The molecular formula is C14H25NO. The van der Waals surface area contributed by atoms with Crippen molar-refractivity contribution in [2.75, 3.05) is 13.1 Å². The van der Waals surface area contributed by atoms with Crippen molar-refractivity contribution in [1.82, 2.24) is 4.90 Å². The molecule has 0 bridgehead atoms. The van der Waals surface area contributed by atoms with Gasteiger partial charge in [-0.3, -0.25) is 9.69 Å². The van der Waals surface area contributed by atoms with Crippen molar-refractivity contribution in [1.29, 1.82) is 0 Å². The molecule has 0 radical (unpaired) electrons. The first kappa shape index (κ1) is 12.1. The second-order valence-electron chi connectivity index (χ2n) is 5.46. The smallest absolute Gasteiger partial charge is 0.153 e. The molecule has 16 heavy (non-hydrogen) atoms.